The lowest BCUT2D eigenvalue weighted by Gasteiger charge is -2.02. The lowest BCUT2D eigenvalue weighted by molar-refractivity contribution is -0.192. The molecule has 0 aliphatic rings. The van der Waals surface area contributed by atoms with Crippen molar-refractivity contribution in [3.63, 3.8) is 0 Å². The molecule has 9 heteroatoms. The standard InChI is InChI=1S/C7H10N2O2.C2HF3O2/c1-5-3-8-6(2)9(5)4-7(10)11;3-2(4,5)1(6)7/h3H,4H2,1-2H3,(H,10,11);(H,6,7). The van der Waals surface area contributed by atoms with E-state index in [1.54, 1.807) is 17.7 Å². The fourth-order valence-electron chi connectivity index (χ4n) is 0.956. The van der Waals surface area contributed by atoms with Gasteiger partial charge in [0.05, 0.1) is 0 Å². The van der Waals surface area contributed by atoms with Crippen molar-refractivity contribution in [2.45, 2.75) is 26.6 Å². The van der Waals surface area contributed by atoms with Crippen molar-refractivity contribution in [3.8, 4) is 0 Å². The Balaban J connectivity index is 0.000000360. The second kappa shape index (κ2) is 6.03. The molecular weight excluding hydrogens is 257 g/mol. The highest BCUT2D eigenvalue weighted by Crippen LogP contribution is 2.13. The molecule has 6 nitrogen and oxygen atoms in total. The molecule has 0 radical (unpaired) electrons. The van der Waals surface area contributed by atoms with Crippen LogP contribution in [0.25, 0.3) is 0 Å². The minimum atomic E-state index is -5.08. The second-order valence-electron chi connectivity index (χ2n) is 3.23. The predicted molar refractivity (Wildman–Crippen MR) is 53.0 cm³/mol. The number of alkyl halides is 3. The van der Waals surface area contributed by atoms with Crippen LogP contribution in [0.2, 0.25) is 0 Å². The van der Waals surface area contributed by atoms with Crippen molar-refractivity contribution in [1.29, 1.82) is 0 Å². The Bertz CT molecular complexity index is 420. The lowest BCUT2D eigenvalue weighted by Crippen LogP contribution is -2.21. The van der Waals surface area contributed by atoms with Crippen LogP contribution in [0.5, 0.6) is 0 Å². The van der Waals surface area contributed by atoms with E-state index in [1.165, 1.54) is 0 Å². The molecule has 0 saturated heterocycles. The molecule has 0 spiro atoms. The number of aryl methyl sites for hydroxylation is 2. The zero-order valence-electron chi connectivity index (χ0n) is 9.52. The molecule has 1 aromatic heterocycles. The Kier molecular flexibility index (Phi) is 5.34. The minimum absolute atomic E-state index is 0.00231. The Morgan fingerprint density at radius 3 is 2.00 bits per heavy atom. The first-order chi connectivity index (χ1) is 8.05. The highest BCUT2D eigenvalue weighted by Gasteiger charge is 2.38. The van der Waals surface area contributed by atoms with Crippen LogP contribution in [-0.2, 0) is 16.1 Å². The van der Waals surface area contributed by atoms with Crippen molar-refractivity contribution in [3.05, 3.63) is 17.7 Å². The summed E-state index contributed by atoms with van der Waals surface area (Å²) in [6.45, 7) is 3.62. The first-order valence-electron chi connectivity index (χ1n) is 4.56. The number of aliphatic carboxylic acids is 2. The van der Waals surface area contributed by atoms with Crippen LogP contribution in [0.3, 0.4) is 0 Å². The van der Waals surface area contributed by atoms with E-state index in [4.69, 9.17) is 15.0 Å². The molecule has 0 amide bonds. The predicted octanol–water partition coefficient (Wildman–Crippen LogP) is 1.22. The molecule has 18 heavy (non-hydrogen) atoms. The number of imidazole rings is 1. The van der Waals surface area contributed by atoms with E-state index in [1.807, 2.05) is 6.92 Å². The van der Waals surface area contributed by atoms with Crippen LogP contribution < -0.4 is 0 Å². The van der Waals surface area contributed by atoms with Crippen LogP contribution in [0.15, 0.2) is 6.20 Å². The molecule has 2 N–H and O–H groups in total. The summed E-state index contributed by atoms with van der Waals surface area (Å²) in [6.07, 6.45) is -3.42. The number of nitrogens with zero attached hydrogens (tertiary/aromatic N) is 2. The number of halogens is 3. The maximum absolute atomic E-state index is 10.6. The summed E-state index contributed by atoms with van der Waals surface area (Å²) in [4.78, 5) is 23.2. The summed E-state index contributed by atoms with van der Waals surface area (Å²) < 4.78 is 33.4. The smallest absolute Gasteiger partial charge is 0.480 e. The molecule has 102 valence electrons. The average Bonchev–Trinajstić information content (AvgIpc) is 2.48. The highest BCUT2D eigenvalue weighted by atomic mass is 19.4. The number of aromatic nitrogens is 2. The third-order valence-electron chi connectivity index (χ3n) is 1.79. The quantitative estimate of drug-likeness (QED) is 0.841. The van der Waals surface area contributed by atoms with E-state index >= 15 is 0 Å². The maximum atomic E-state index is 10.6. The SMILES string of the molecule is Cc1cnc(C)n1CC(=O)O.O=C(O)C(F)(F)F. The second-order valence-corrected chi connectivity index (χ2v) is 3.23. The van der Waals surface area contributed by atoms with Crippen molar-refractivity contribution in [2.24, 2.45) is 0 Å². The van der Waals surface area contributed by atoms with E-state index in [0.717, 1.165) is 11.5 Å². The Labute approximate surface area is 99.7 Å². The summed E-state index contributed by atoms with van der Waals surface area (Å²) in [6, 6.07) is 0. The fraction of sp³-hybridized carbons (Fsp3) is 0.444. The molecule has 0 fully saturated rings. The lowest BCUT2D eigenvalue weighted by atomic mass is 10.5. The van der Waals surface area contributed by atoms with Gasteiger partial charge < -0.3 is 14.8 Å². The molecule has 0 unspecified atom stereocenters. The topological polar surface area (TPSA) is 92.4 Å². The van der Waals surface area contributed by atoms with Gasteiger partial charge in [-0.1, -0.05) is 0 Å². The molecule has 0 aliphatic carbocycles. The minimum Gasteiger partial charge on any atom is -0.480 e. The van der Waals surface area contributed by atoms with Gasteiger partial charge in [0.1, 0.15) is 12.4 Å². The Morgan fingerprint density at radius 1 is 1.33 bits per heavy atom. The van der Waals surface area contributed by atoms with Crippen molar-refractivity contribution >= 4 is 11.9 Å². The number of carbonyl (C=O) groups is 2. The van der Waals surface area contributed by atoms with Gasteiger partial charge in [-0.05, 0) is 13.8 Å². The summed E-state index contributed by atoms with van der Waals surface area (Å²) in [5.41, 5.74) is 0.880. The van der Waals surface area contributed by atoms with Gasteiger partial charge in [0.15, 0.2) is 0 Å². The van der Waals surface area contributed by atoms with Gasteiger partial charge in [0, 0.05) is 11.9 Å². The van der Waals surface area contributed by atoms with Crippen LogP contribution in [-0.4, -0.2) is 37.9 Å². The highest BCUT2D eigenvalue weighted by molar-refractivity contribution is 5.73. The van der Waals surface area contributed by atoms with E-state index < -0.39 is 18.1 Å². The van der Waals surface area contributed by atoms with Gasteiger partial charge in [-0.15, -0.1) is 0 Å². The molecule has 0 atom stereocenters. The molecule has 0 bridgehead atoms. The Morgan fingerprint density at radius 2 is 1.78 bits per heavy atom. The van der Waals surface area contributed by atoms with Crippen molar-refractivity contribution < 1.29 is 33.0 Å². The van der Waals surface area contributed by atoms with Gasteiger partial charge in [-0.3, -0.25) is 4.79 Å². The number of carboxylic acids is 2. The van der Waals surface area contributed by atoms with Crippen LogP contribution in [0, 0.1) is 13.8 Å². The first kappa shape index (κ1) is 15.9. The van der Waals surface area contributed by atoms with Crippen LogP contribution in [0.4, 0.5) is 13.2 Å². The third kappa shape index (κ3) is 5.32. The zero-order chi connectivity index (χ0) is 14.5. The molecular formula is C9H11F3N2O4. The van der Waals surface area contributed by atoms with Gasteiger partial charge in [-0.2, -0.15) is 13.2 Å². The molecule has 0 aliphatic heterocycles. The molecule has 1 aromatic rings. The van der Waals surface area contributed by atoms with Crippen LogP contribution in [0.1, 0.15) is 11.5 Å². The van der Waals surface area contributed by atoms with Crippen molar-refractivity contribution in [1.82, 2.24) is 9.55 Å². The molecule has 1 heterocycles. The zero-order valence-corrected chi connectivity index (χ0v) is 9.52. The number of hydrogen-bond acceptors (Lipinski definition) is 3. The third-order valence-corrected chi connectivity index (χ3v) is 1.79. The summed E-state index contributed by atoms with van der Waals surface area (Å²) in [7, 11) is 0. The number of carboxylic acid groups (broad SMARTS) is 2. The first-order valence-corrected chi connectivity index (χ1v) is 4.56. The van der Waals surface area contributed by atoms with E-state index in [-0.39, 0.29) is 6.54 Å². The summed E-state index contributed by atoms with van der Waals surface area (Å²) >= 11 is 0. The normalized spacial score (nSPS) is 10.5. The van der Waals surface area contributed by atoms with Gasteiger partial charge in [0.25, 0.3) is 0 Å². The fourth-order valence-corrected chi connectivity index (χ4v) is 0.956. The van der Waals surface area contributed by atoms with E-state index in [9.17, 15) is 18.0 Å². The number of hydrogen-bond donors (Lipinski definition) is 2. The Hall–Kier alpha value is -2.06. The summed E-state index contributed by atoms with van der Waals surface area (Å²) in [5.74, 6) is -2.85. The van der Waals surface area contributed by atoms with Gasteiger partial charge in [-0.25, -0.2) is 9.78 Å². The molecule has 1 rings (SSSR count). The number of rotatable bonds is 2. The molecule has 0 aromatic carbocycles. The van der Waals surface area contributed by atoms with Crippen LogP contribution >= 0.6 is 0 Å². The largest absolute Gasteiger partial charge is 0.490 e. The van der Waals surface area contributed by atoms with E-state index in [2.05, 4.69) is 4.98 Å². The van der Waals surface area contributed by atoms with Gasteiger partial charge >= 0.3 is 18.1 Å². The summed E-state index contributed by atoms with van der Waals surface area (Å²) in [5, 5.41) is 15.6. The average molecular weight is 268 g/mol. The molecule has 0 saturated carbocycles. The van der Waals surface area contributed by atoms with Crippen molar-refractivity contribution in [2.75, 3.05) is 0 Å². The van der Waals surface area contributed by atoms with E-state index in [0.29, 0.717) is 0 Å². The monoisotopic (exact) mass is 268 g/mol. The van der Waals surface area contributed by atoms with Gasteiger partial charge in [0.2, 0.25) is 0 Å². The maximum Gasteiger partial charge on any atom is 0.490 e.